The second-order valence-electron chi connectivity index (χ2n) is 5.92. The molecule has 0 spiro atoms. The summed E-state index contributed by atoms with van der Waals surface area (Å²) in [4.78, 5) is 24.6. The highest BCUT2D eigenvalue weighted by Gasteiger charge is 2.29. The number of amides is 1. The number of carbonyl (C=O) groups excluding carboxylic acids is 2. The maximum Gasteiger partial charge on any atom is 0.230 e. The Morgan fingerprint density at radius 1 is 1.27 bits per heavy atom. The van der Waals surface area contributed by atoms with E-state index >= 15 is 0 Å². The summed E-state index contributed by atoms with van der Waals surface area (Å²) in [6.07, 6.45) is -0.0502. The molecule has 1 saturated heterocycles. The largest absolute Gasteiger partial charge is 0.544 e. The van der Waals surface area contributed by atoms with Crippen LogP contribution in [0.25, 0.3) is 0 Å². The van der Waals surface area contributed by atoms with E-state index < -0.39 is 12.0 Å². The van der Waals surface area contributed by atoms with Crippen molar-refractivity contribution in [3.8, 4) is 0 Å². The number of anilines is 1. The van der Waals surface area contributed by atoms with Crippen molar-refractivity contribution in [2.45, 2.75) is 26.3 Å². The first kappa shape index (κ1) is 16.5. The predicted molar refractivity (Wildman–Crippen MR) is 80.3 cm³/mol. The lowest BCUT2D eigenvalue weighted by atomic mass is 10.1. The third kappa shape index (κ3) is 4.05. The number of carboxylic acids is 1. The van der Waals surface area contributed by atoms with E-state index in [-0.39, 0.29) is 12.3 Å². The molecule has 6 nitrogen and oxygen atoms in total. The van der Waals surface area contributed by atoms with Gasteiger partial charge in [0.25, 0.3) is 0 Å². The van der Waals surface area contributed by atoms with E-state index in [0.717, 1.165) is 47.9 Å². The number of carbonyl (C=O) groups is 2. The molecule has 1 aliphatic heterocycles. The summed E-state index contributed by atoms with van der Waals surface area (Å²) in [6.45, 7) is 7.11. The fraction of sp³-hybridized carbons (Fsp3) is 0.500. The molecule has 22 heavy (non-hydrogen) atoms. The number of aryl methyl sites for hydroxylation is 2. The van der Waals surface area contributed by atoms with E-state index in [4.69, 9.17) is 0 Å². The van der Waals surface area contributed by atoms with Crippen LogP contribution in [0.2, 0.25) is 0 Å². The lowest BCUT2D eigenvalue weighted by Crippen LogP contribution is -3.24. The Bertz CT molecular complexity index is 533. The molecule has 0 radical (unpaired) electrons. The van der Waals surface area contributed by atoms with Gasteiger partial charge in [-0.05, 0) is 25.0 Å². The Balaban J connectivity index is 2.03. The number of aliphatic carboxylic acids is 1. The van der Waals surface area contributed by atoms with Crippen molar-refractivity contribution in [3.05, 3.63) is 29.3 Å². The molecule has 4 N–H and O–H groups in total. The van der Waals surface area contributed by atoms with Gasteiger partial charge in [-0.25, -0.2) is 0 Å². The fourth-order valence-corrected chi connectivity index (χ4v) is 2.97. The van der Waals surface area contributed by atoms with Gasteiger partial charge in [0, 0.05) is 5.69 Å². The maximum atomic E-state index is 12.3. The summed E-state index contributed by atoms with van der Waals surface area (Å²) in [6, 6.07) is 4.99. The molecular weight excluding hydrogens is 282 g/mol. The van der Waals surface area contributed by atoms with Crippen molar-refractivity contribution in [1.82, 2.24) is 0 Å². The molecule has 1 aromatic rings. The van der Waals surface area contributed by atoms with Crippen LogP contribution < -0.4 is 20.6 Å². The first-order chi connectivity index (χ1) is 10.5. The summed E-state index contributed by atoms with van der Waals surface area (Å²) in [5.74, 6) is -1.41. The highest BCUT2D eigenvalue weighted by atomic mass is 16.4. The molecule has 0 aliphatic carbocycles. The van der Waals surface area contributed by atoms with Crippen LogP contribution in [0.15, 0.2) is 18.2 Å². The summed E-state index contributed by atoms with van der Waals surface area (Å²) >= 11 is 0. The van der Waals surface area contributed by atoms with Gasteiger partial charge in [-0.15, -0.1) is 0 Å². The van der Waals surface area contributed by atoms with Crippen LogP contribution in [-0.4, -0.2) is 44.1 Å². The van der Waals surface area contributed by atoms with Gasteiger partial charge in [0.1, 0.15) is 32.2 Å². The summed E-state index contributed by atoms with van der Waals surface area (Å²) in [5.41, 5.74) is 2.71. The third-order valence-corrected chi connectivity index (χ3v) is 4.25. The number of hydrogen-bond donors (Lipinski definition) is 3. The fourth-order valence-electron chi connectivity index (χ4n) is 2.97. The number of quaternary nitrogens is 2. The standard InChI is InChI=1S/C16H23N3O3/c1-11-4-3-5-12(2)15(11)18-14(20)10-13(16(21)22)19-8-6-17-7-9-19/h3-5,13,17H,6-10H2,1-2H3,(H,18,20)(H,21,22)/p+1/t13-/m0/s1. The highest BCUT2D eigenvalue weighted by molar-refractivity contribution is 5.94. The molecule has 120 valence electrons. The molecule has 1 aromatic carbocycles. The number of nitrogens with one attached hydrogen (secondary N) is 2. The Hall–Kier alpha value is -1.92. The SMILES string of the molecule is Cc1cccc(C)c1NC(=O)C[C@@H](C(=O)[O-])[NH+]1CC[NH2+]CC1. The van der Waals surface area contributed by atoms with Gasteiger partial charge in [0.2, 0.25) is 5.91 Å². The van der Waals surface area contributed by atoms with Crippen LogP contribution in [0, 0.1) is 13.8 Å². The number of piperazine rings is 1. The van der Waals surface area contributed by atoms with Crippen LogP contribution in [0.4, 0.5) is 5.69 Å². The van der Waals surface area contributed by atoms with Gasteiger partial charge >= 0.3 is 0 Å². The Labute approximate surface area is 130 Å². The second kappa shape index (κ2) is 7.38. The number of para-hydroxylation sites is 1. The van der Waals surface area contributed by atoms with Crippen molar-refractivity contribution in [3.63, 3.8) is 0 Å². The lowest BCUT2D eigenvalue weighted by Gasteiger charge is -2.30. The zero-order chi connectivity index (χ0) is 16.1. The minimum absolute atomic E-state index is 0.0502. The van der Waals surface area contributed by atoms with Gasteiger partial charge in [-0.3, -0.25) is 4.79 Å². The summed E-state index contributed by atoms with van der Waals surface area (Å²) < 4.78 is 0. The molecule has 1 atom stereocenters. The van der Waals surface area contributed by atoms with Crippen LogP contribution >= 0.6 is 0 Å². The van der Waals surface area contributed by atoms with Crippen molar-refractivity contribution >= 4 is 17.6 Å². The van der Waals surface area contributed by atoms with E-state index in [1.165, 1.54) is 0 Å². The highest BCUT2D eigenvalue weighted by Crippen LogP contribution is 2.19. The molecule has 1 amide bonds. The van der Waals surface area contributed by atoms with E-state index in [2.05, 4.69) is 10.6 Å². The number of benzene rings is 1. The zero-order valence-electron chi connectivity index (χ0n) is 13.1. The molecule has 0 saturated carbocycles. The van der Waals surface area contributed by atoms with Gasteiger partial charge in [-0.1, -0.05) is 18.2 Å². The molecule has 2 rings (SSSR count). The number of nitrogens with two attached hydrogens (primary N) is 1. The van der Waals surface area contributed by atoms with Crippen LogP contribution in [0.1, 0.15) is 17.5 Å². The Morgan fingerprint density at radius 2 is 1.86 bits per heavy atom. The van der Waals surface area contributed by atoms with Crippen LogP contribution in [0.5, 0.6) is 0 Å². The normalized spacial score (nSPS) is 17.0. The van der Waals surface area contributed by atoms with Crippen molar-refractivity contribution < 1.29 is 24.9 Å². The molecule has 0 aromatic heterocycles. The maximum absolute atomic E-state index is 12.3. The minimum Gasteiger partial charge on any atom is -0.544 e. The number of rotatable bonds is 5. The van der Waals surface area contributed by atoms with Gasteiger partial charge in [0.05, 0.1) is 12.4 Å². The molecule has 1 heterocycles. The van der Waals surface area contributed by atoms with Crippen molar-refractivity contribution in [2.24, 2.45) is 0 Å². The topological polar surface area (TPSA) is 90.3 Å². The van der Waals surface area contributed by atoms with E-state index in [0.29, 0.717) is 0 Å². The van der Waals surface area contributed by atoms with E-state index in [1.807, 2.05) is 32.0 Å². The molecule has 1 fully saturated rings. The monoisotopic (exact) mass is 306 g/mol. The molecule has 0 unspecified atom stereocenters. The third-order valence-electron chi connectivity index (χ3n) is 4.25. The molecule has 0 bridgehead atoms. The number of hydrogen-bond acceptors (Lipinski definition) is 3. The quantitative estimate of drug-likeness (QED) is 0.549. The van der Waals surface area contributed by atoms with Gasteiger partial charge in [0.15, 0.2) is 0 Å². The summed E-state index contributed by atoms with van der Waals surface area (Å²) in [5, 5.41) is 16.4. The molecule has 1 aliphatic rings. The smallest absolute Gasteiger partial charge is 0.230 e. The van der Waals surface area contributed by atoms with Gasteiger partial charge < -0.3 is 25.4 Å². The Kier molecular flexibility index (Phi) is 5.51. The van der Waals surface area contributed by atoms with E-state index in [1.54, 1.807) is 0 Å². The van der Waals surface area contributed by atoms with Crippen LogP contribution in [-0.2, 0) is 9.59 Å². The van der Waals surface area contributed by atoms with Crippen molar-refractivity contribution in [2.75, 3.05) is 31.5 Å². The first-order valence-corrected chi connectivity index (χ1v) is 7.72. The lowest BCUT2D eigenvalue weighted by molar-refractivity contribution is -0.961. The molecular formula is C16H24N3O3+. The minimum atomic E-state index is -1.14. The molecule has 6 heteroatoms. The predicted octanol–water partition coefficient (Wildman–Crippen LogP) is -2.79. The average Bonchev–Trinajstić information content (AvgIpc) is 2.49. The Morgan fingerprint density at radius 3 is 2.41 bits per heavy atom. The average molecular weight is 306 g/mol. The van der Waals surface area contributed by atoms with Gasteiger partial charge in [-0.2, -0.15) is 0 Å². The van der Waals surface area contributed by atoms with Crippen molar-refractivity contribution in [1.29, 1.82) is 0 Å². The number of carboxylic acid groups (broad SMARTS) is 1. The zero-order valence-corrected chi connectivity index (χ0v) is 13.1. The summed E-state index contributed by atoms with van der Waals surface area (Å²) in [7, 11) is 0. The second-order valence-corrected chi connectivity index (χ2v) is 5.92. The van der Waals surface area contributed by atoms with E-state index in [9.17, 15) is 14.7 Å². The first-order valence-electron chi connectivity index (χ1n) is 7.72. The van der Waals surface area contributed by atoms with Crippen LogP contribution in [0.3, 0.4) is 0 Å².